The molecule has 4 aromatic rings. The highest BCUT2D eigenvalue weighted by atomic mass is 19.1. The summed E-state index contributed by atoms with van der Waals surface area (Å²) < 4.78 is 28.1. The molecule has 15 heteroatoms. The van der Waals surface area contributed by atoms with Gasteiger partial charge in [-0.15, -0.1) is 5.10 Å². The van der Waals surface area contributed by atoms with Crippen molar-refractivity contribution in [1.82, 2.24) is 39.7 Å². The molecule has 2 aromatic heterocycles. The summed E-state index contributed by atoms with van der Waals surface area (Å²) in [5.74, 6) is 0.866. The van der Waals surface area contributed by atoms with Crippen LogP contribution in [0.3, 0.4) is 0 Å². The monoisotopic (exact) mass is 696 g/mol. The molecule has 51 heavy (non-hydrogen) atoms. The van der Waals surface area contributed by atoms with E-state index in [9.17, 15) is 14.9 Å². The van der Waals surface area contributed by atoms with Gasteiger partial charge in [0.05, 0.1) is 18.3 Å². The standard InChI is InChI=1S/C36H41FN10O4/c1-22-16-26(7-8-27(22)23-10-13-46(14-11-23)35(49)51-36(2,3)4)41-34-40-21-39-32(42-34)24-6-9-30(25(17-24)18-38)50-31-12-15-47(19-28(31)37)33(48)29-20-45(5)44-43-29/h6-9,16-17,20-21,23,28,31H,10-15,19H2,1-5H3,(H,39,40,41,42)/t28-,31+/m1/s1. The Morgan fingerprint density at radius 1 is 1.04 bits per heavy atom. The first kappa shape index (κ1) is 35.2. The van der Waals surface area contributed by atoms with Gasteiger partial charge >= 0.3 is 6.09 Å². The van der Waals surface area contributed by atoms with Crippen molar-refractivity contribution in [3.05, 3.63) is 71.3 Å². The first-order chi connectivity index (χ1) is 24.4. The summed E-state index contributed by atoms with van der Waals surface area (Å²) in [5, 5.41) is 20.8. The lowest BCUT2D eigenvalue weighted by molar-refractivity contribution is 0.0196. The molecule has 0 saturated carbocycles. The second-order valence-electron chi connectivity index (χ2n) is 13.9. The SMILES string of the molecule is Cc1cc(Nc2ncnc(-c3ccc(O[C@H]4CCN(C(=O)c5cn(C)nn5)C[C@H]4F)c(C#N)c3)n2)ccc1C1CCN(C(=O)OC(C)(C)C)CC1. The first-order valence-electron chi connectivity index (χ1n) is 16.9. The van der Waals surface area contributed by atoms with E-state index in [2.05, 4.69) is 49.6 Å². The number of rotatable bonds is 7. The van der Waals surface area contributed by atoms with Crippen molar-refractivity contribution in [2.75, 3.05) is 31.5 Å². The number of amides is 2. The van der Waals surface area contributed by atoms with E-state index in [1.807, 2.05) is 32.9 Å². The number of halogens is 1. The molecule has 14 nitrogen and oxygen atoms in total. The van der Waals surface area contributed by atoms with Gasteiger partial charge in [-0.2, -0.15) is 10.2 Å². The van der Waals surface area contributed by atoms with Gasteiger partial charge in [0.25, 0.3) is 5.91 Å². The van der Waals surface area contributed by atoms with Crippen LogP contribution >= 0.6 is 0 Å². The second kappa shape index (κ2) is 14.7. The fraction of sp³-hybridized carbons (Fsp3) is 0.444. The zero-order chi connectivity index (χ0) is 36.3. The van der Waals surface area contributed by atoms with Crippen molar-refractivity contribution < 1.29 is 23.5 Å². The van der Waals surface area contributed by atoms with Crippen LogP contribution in [0.1, 0.15) is 73.1 Å². The van der Waals surface area contributed by atoms with Crippen molar-refractivity contribution in [1.29, 1.82) is 5.26 Å². The molecule has 0 unspecified atom stereocenters. The predicted octanol–water partition coefficient (Wildman–Crippen LogP) is 5.34. The number of nitrogens with one attached hydrogen (secondary N) is 1. The van der Waals surface area contributed by atoms with E-state index in [1.54, 1.807) is 30.1 Å². The number of nitrogens with zero attached hydrogens (tertiary/aromatic N) is 9. The normalized spacial score (nSPS) is 18.2. The number of benzene rings is 2. The number of ether oxygens (including phenoxy) is 2. The number of hydrogen-bond acceptors (Lipinski definition) is 11. The van der Waals surface area contributed by atoms with E-state index < -0.39 is 23.8 Å². The Morgan fingerprint density at radius 3 is 2.47 bits per heavy atom. The Hall–Kier alpha value is -5.65. The van der Waals surface area contributed by atoms with Crippen LogP contribution in [0.15, 0.2) is 48.9 Å². The van der Waals surface area contributed by atoms with Gasteiger partial charge in [-0.05, 0) is 87.9 Å². The lowest BCUT2D eigenvalue weighted by Gasteiger charge is -2.34. The minimum Gasteiger partial charge on any atom is -0.486 e. The molecule has 2 fully saturated rings. The summed E-state index contributed by atoms with van der Waals surface area (Å²) in [6, 6.07) is 13.2. The molecular formula is C36H41FN10O4. The molecule has 0 bridgehead atoms. The zero-order valence-corrected chi connectivity index (χ0v) is 29.3. The molecule has 2 amide bonds. The number of aryl methyl sites for hydroxylation is 2. The first-order valence-corrected chi connectivity index (χ1v) is 16.9. The number of likely N-dealkylation sites (tertiary alicyclic amines) is 2. The summed E-state index contributed by atoms with van der Waals surface area (Å²) in [6.07, 6.45) is 2.29. The van der Waals surface area contributed by atoms with Gasteiger partial charge in [0.2, 0.25) is 5.95 Å². The van der Waals surface area contributed by atoms with Crippen molar-refractivity contribution >= 4 is 23.6 Å². The smallest absolute Gasteiger partial charge is 0.410 e. The molecule has 2 saturated heterocycles. The summed E-state index contributed by atoms with van der Waals surface area (Å²) in [4.78, 5) is 41.5. The number of carbonyl (C=O) groups is 2. The minimum absolute atomic E-state index is 0.154. The molecule has 6 rings (SSSR count). The maximum Gasteiger partial charge on any atom is 0.410 e. The lowest BCUT2D eigenvalue weighted by Crippen LogP contribution is -2.49. The second-order valence-corrected chi connectivity index (χ2v) is 13.9. The van der Waals surface area contributed by atoms with Crippen molar-refractivity contribution in [3.8, 4) is 23.2 Å². The third kappa shape index (κ3) is 8.39. The van der Waals surface area contributed by atoms with E-state index in [0.29, 0.717) is 36.3 Å². The van der Waals surface area contributed by atoms with Crippen molar-refractivity contribution in [3.63, 3.8) is 0 Å². The van der Waals surface area contributed by atoms with Crippen LogP contribution < -0.4 is 10.1 Å². The molecule has 1 N–H and O–H groups in total. The van der Waals surface area contributed by atoms with Crippen LogP contribution in [0.25, 0.3) is 11.4 Å². The summed E-state index contributed by atoms with van der Waals surface area (Å²) in [5.41, 5.74) is 3.58. The molecule has 2 aromatic carbocycles. The van der Waals surface area contributed by atoms with Gasteiger partial charge in [-0.3, -0.25) is 9.48 Å². The fourth-order valence-corrected chi connectivity index (χ4v) is 6.37. The average molecular weight is 697 g/mol. The Bertz CT molecular complexity index is 1950. The number of anilines is 2. The lowest BCUT2D eigenvalue weighted by atomic mass is 9.87. The molecule has 0 spiro atoms. The van der Waals surface area contributed by atoms with Crippen LogP contribution in [0.2, 0.25) is 0 Å². The van der Waals surface area contributed by atoms with Crippen LogP contribution in [-0.4, -0.2) is 95.8 Å². The number of carbonyl (C=O) groups excluding carboxylic acids is 2. The highest BCUT2D eigenvalue weighted by Gasteiger charge is 2.35. The minimum atomic E-state index is -1.46. The Morgan fingerprint density at radius 2 is 1.80 bits per heavy atom. The van der Waals surface area contributed by atoms with Gasteiger partial charge in [0, 0.05) is 44.4 Å². The summed E-state index contributed by atoms with van der Waals surface area (Å²) >= 11 is 0. The Balaban J connectivity index is 1.07. The van der Waals surface area contributed by atoms with Gasteiger partial charge in [-0.25, -0.2) is 19.2 Å². The average Bonchev–Trinajstić information content (AvgIpc) is 3.54. The number of aromatic nitrogens is 6. The van der Waals surface area contributed by atoms with Crippen molar-refractivity contribution in [2.24, 2.45) is 7.05 Å². The number of alkyl halides is 1. The summed E-state index contributed by atoms with van der Waals surface area (Å²) in [7, 11) is 1.65. The van der Waals surface area contributed by atoms with Crippen LogP contribution in [0, 0.1) is 18.3 Å². The van der Waals surface area contributed by atoms with Crippen LogP contribution in [0.5, 0.6) is 5.75 Å². The molecule has 2 atom stereocenters. The van der Waals surface area contributed by atoms with Gasteiger partial charge in [0.1, 0.15) is 29.9 Å². The van der Waals surface area contributed by atoms with E-state index in [-0.39, 0.29) is 42.6 Å². The molecular weight excluding hydrogens is 655 g/mol. The zero-order valence-electron chi connectivity index (χ0n) is 29.3. The van der Waals surface area contributed by atoms with Gasteiger partial charge in [0.15, 0.2) is 17.7 Å². The molecule has 2 aliphatic heterocycles. The third-order valence-corrected chi connectivity index (χ3v) is 8.91. The molecule has 2 aliphatic rings. The number of nitriles is 1. The largest absolute Gasteiger partial charge is 0.486 e. The topological polar surface area (TPSA) is 164 Å². The van der Waals surface area contributed by atoms with Crippen LogP contribution in [0.4, 0.5) is 20.8 Å². The highest BCUT2D eigenvalue weighted by Crippen LogP contribution is 2.33. The van der Waals surface area contributed by atoms with E-state index in [1.165, 1.54) is 27.7 Å². The van der Waals surface area contributed by atoms with Crippen molar-refractivity contribution in [2.45, 2.75) is 70.8 Å². The fourth-order valence-electron chi connectivity index (χ4n) is 6.37. The summed E-state index contributed by atoms with van der Waals surface area (Å²) in [6.45, 7) is 9.11. The maximum atomic E-state index is 15.2. The maximum absolute atomic E-state index is 15.2. The van der Waals surface area contributed by atoms with Crippen LogP contribution in [-0.2, 0) is 11.8 Å². The predicted molar refractivity (Wildman–Crippen MR) is 185 cm³/mol. The number of piperidine rings is 2. The third-order valence-electron chi connectivity index (χ3n) is 8.91. The van der Waals surface area contributed by atoms with E-state index >= 15 is 4.39 Å². The van der Waals surface area contributed by atoms with Gasteiger partial charge < -0.3 is 24.6 Å². The van der Waals surface area contributed by atoms with E-state index in [0.717, 1.165) is 24.1 Å². The highest BCUT2D eigenvalue weighted by molar-refractivity contribution is 5.92. The number of hydrogen-bond donors (Lipinski definition) is 1. The molecule has 4 heterocycles. The Kier molecular flexibility index (Phi) is 10.1. The Labute approximate surface area is 295 Å². The molecule has 0 aliphatic carbocycles. The molecule has 266 valence electrons. The van der Waals surface area contributed by atoms with Gasteiger partial charge in [-0.1, -0.05) is 11.3 Å². The quantitative estimate of drug-likeness (QED) is 0.265. The molecule has 0 radical (unpaired) electrons. The van der Waals surface area contributed by atoms with E-state index in [4.69, 9.17) is 9.47 Å².